The zero-order valence-corrected chi connectivity index (χ0v) is 11.0. The lowest BCUT2D eigenvalue weighted by Gasteiger charge is -2.34. The van der Waals surface area contributed by atoms with Gasteiger partial charge in [0.2, 0.25) is 0 Å². The molecule has 1 spiro atoms. The molecule has 0 unspecified atom stereocenters. The summed E-state index contributed by atoms with van der Waals surface area (Å²) < 4.78 is 0. The van der Waals surface area contributed by atoms with Crippen molar-refractivity contribution in [2.24, 2.45) is 0 Å². The molecule has 2 aliphatic rings. The average Bonchev–Trinajstić information content (AvgIpc) is 2.79. The maximum absolute atomic E-state index is 3.91. The van der Waals surface area contributed by atoms with E-state index in [1.807, 2.05) is 6.08 Å². The highest BCUT2D eigenvalue weighted by Crippen LogP contribution is 2.35. The van der Waals surface area contributed by atoms with Crippen LogP contribution in [-0.4, -0.2) is 18.6 Å². The summed E-state index contributed by atoms with van der Waals surface area (Å²) in [6.45, 7) is 6.98. The molecule has 1 N–H and O–H groups in total. The van der Waals surface area contributed by atoms with E-state index in [1.165, 1.54) is 36.9 Å². The summed E-state index contributed by atoms with van der Waals surface area (Å²) in [5, 5.41) is 3.83. The molecule has 0 radical (unpaired) electrons. The second-order valence-electron chi connectivity index (χ2n) is 5.64. The zero-order chi connectivity index (χ0) is 12.4. The predicted octanol–water partition coefficient (Wildman–Crippen LogP) is 3.10. The number of hydrogen-bond donors (Lipinski definition) is 1. The van der Waals surface area contributed by atoms with Crippen molar-refractivity contribution in [3.05, 3.63) is 42.5 Å². The van der Waals surface area contributed by atoms with Crippen molar-refractivity contribution in [2.75, 3.05) is 18.0 Å². The van der Waals surface area contributed by atoms with Gasteiger partial charge in [0.25, 0.3) is 0 Å². The van der Waals surface area contributed by atoms with Gasteiger partial charge in [-0.2, -0.15) is 0 Å². The summed E-state index contributed by atoms with van der Waals surface area (Å²) in [6.07, 6.45) is 7.38. The molecule has 3 rings (SSSR count). The van der Waals surface area contributed by atoms with Crippen LogP contribution in [0.4, 0.5) is 5.69 Å². The van der Waals surface area contributed by atoms with Crippen molar-refractivity contribution in [1.82, 2.24) is 5.32 Å². The highest BCUT2D eigenvalue weighted by molar-refractivity contribution is 5.55. The lowest BCUT2D eigenvalue weighted by Crippen LogP contribution is -2.49. The van der Waals surface area contributed by atoms with Crippen molar-refractivity contribution >= 4 is 5.69 Å². The fraction of sp³-hybridized carbons (Fsp3) is 0.500. The van der Waals surface area contributed by atoms with E-state index in [0.717, 1.165) is 19.6 Å². The van der Waals surface area contributed by atoms with Gasteiger partial charge >= 0.3 is 0 Å². The summed E-state index contributed by atoms with van der Waals surface area (Å²) in [6, 6.07) is 8.77. The van der Waals surface area contributed by atoms with Crippen LogP contribution in [0.1, 0.15) is 31.2 Å². The fourth-order valence-corrected chi connectivity index (χ4v) is 3.46. The van der Waals surface area contributed by atoms with Crippen LogP contribution < -0.4 is 10.2 Å². The number of rotatable bonds is 2. The molecular weight excluding hydrogens is 220 g/mol. The maximum atomic E-state index is 3.91. The monoisotopic (exact) mass is 242 g/mol. The highest BCUT2D eigenvalue weighted by Gasteiger charge is 2.37. The Balaban J connectivity index is 1.94. The molecule has 1 aliphatic heterocycles. The third-order valence-corrected chi connectivity index (χ3v) is 4.39. The van der Waals surface area contributed by atoms with E-state index in [9.17, 15) is 0 Å². The van der Waals surface area contributed by atoms with Crippen molar-refractivity contribution in [3.8, 4) is 0 Å². The number of hydrogen-bond acceptors (Lipinski definition) is 2. The minimum absolute atomic E-state index is 0.335. The Kier molecular flexibility index (Phi) is 3.13. The second-order valence-corrected chi connectivity index (χ2v) is 5.64. The van der Waals surface area contributed by atoms with Crippen LogP contribution in [0.25, 0.3) is 0 Å². The Hall–Kier alpha value is -1.28. The molecule has 0 atom stereocenters. The average molecular weight is 242 g/mol. The first-order valence-corrected chi connectivity index (χ1v) is 7.02. The Morgan fingerprint density at radius 1 is 1.28 bits per heavy atom. The van der Waals surface area contributed by atoms with Crippen LogP contribution in [0.2, 0.25) is 0 Å². The number of nitrogens with one attached hydrogen (secondary N) is 1. The first-order chi connectivity index (χ1) is 8.83. The van der Waals surface area contributed by atoms with Gasteiger partial charge in [-0.1, -0.05) is 37.1 Å². The summed E-state index contributed by atoms with van der Waals surface area (Å²) in [5.74, 6) is 0. The predicted molar refractivity (Wildman–Crippen MR) is 76.9 cm³/mol. The van der Waals surface area contributed by atoms with Crippen LogP contribution in [0.3, 0.4) is 0 Å². The van der Waals surface area contributed by atoms with Crippen LogP contribution >= 0.6 is 0 Å². The normalized spacial score (nSPS) is 21.7. The number of para-hydroxylation sites is 1. The molecule has 1 fully saturated rings. The van der Waals surface area contributed by atoms with Gasteiger partial charge in [0, 0.05) is 30.9 Å². The van der Waals surface area contributed by atoms with E-state index in [4.69, 9.17) is 0 Å². The minimum Gasteiger partial charge on any atom is -0.366 e. The minimum atomic E-state index is 0.335. The molecule has 0 amide bonds. The standard InChI is InChI=1S/C16H22N2/c1-2-11-18-13-16(9-5-6-10-16)17-12-14-7-3-4-8-15(14)18/h2-4,7-8,17H,1,5-6,9-13H2. The van der Waals surface area contributed by atoms with Gasteiger partial charge in [0.15, 0.2) is 0 Å². The van der Waals surface area contributed by atoms with Gasteiger partial charge in [-0.3, -0.25) is 0 Å². The smallest absolute Gasteiger partial charge is 0.0415 e. The third kappa shape index (κ3) is 2.05. The zero-order valence-electron chi connectivity index (χ0n) is 11.0. The third-order valence-electron chi connectivity index (χ3n) is 4.39. The largest absolute Gasteiger partial charge is 0.366 e. The van der Waals surface area contributed by atoms with Crippen molar-refractivity contribution in [3.63, 3.8) is 0 Å². The summed E-state index contributed by atoms with van der Waals surface area (Å²) in [5.41, 5.74) is 3.14. The van der Waals surface area contributed by atoms with Gasteiger partial charge in [-0.05, 0) is 24.5 Å². The van der Waals surface area contributed by atoms with Gasteiger partial charge in [0.1, 0.15) is 0 Å². The summed E-state index contributed by atoms with van der Waals surface area (Å²) >= 11 is 0. The van der Waals surface area contributed by atoms with E-state index >= 15 is 0 Å². The Morgan fingerprint density at radius 3 is 2.83 bits per heavy atom. The van der Waals surface area contributed by atoms with Crippen molar-refractivity contribution < 1.29 is 0 Å². The van der Waals surface area contributed by atoms with E-state index in [1.54, 1.807) is 0 Å². The van der Waals surface area contributed by atoms with Gasteiger partial charge in [-0.25, -0.2) is 0 Å². The number of anilines is 1. The first-order valence-electron chi connectivity index (χ1n) is 7.02. The molecule has 18 heavy (non-hydrogen) atoms. The van der Waals surface area contributed by atoms with Crippen LogP contribution in [-0.2, 0) is 6.54 Å². The summed E-state index contributed by atoms with van der Waals surface area (Å²) in [4.78, 5) is 2.49. The van der Waals surface area contributed by atoms with E-state index < -0.39 is 0 Å². The second kappa shape index (κ2) is 4.77. The molecular formula is C16H22N2. The quantitative estimate of drug-likeness (QED) is 0.802. The maximum Gasteiger partial charge on any atom is 0.0415 e. The molecule has 2 heteroatoms. The summed E-state index contributed by atoms with van der Waals surface area (Å²) in [7, 11) is 0. The van der Waals surface area contributed by atoms with E-state index in [2.05, 4.69) is 41.1 Å². The van der Waals surface area contributed by atoms with E-state index in [-0.39, 0.29) is 0 Å². The Morgan fingerprint density at radius 2 is 2.06 bits per heavy atom. The number of fused-ring (bicyclic) bond motifs is 1. The molecule has 2 nitrogen and oxygen atoms in total. The molecule has 0 bridgehead atoms. The van der Waals surface area contributed by atoms with Gasteiger partial charge < -0.3 is 10.2 Å². The molecule has 96 valence electrons. The van der Waals surface area contributed by atoms with Crippen molar-refractivity contribution in [2.45, 2.75) is 37.8 Å². The topological polar surface area (TPSA) is 15.3 Å². The molecule has 1 aromatic carbocycles. The first kappa shape index (κ1) is 11.8. The van der Waals surface area contributed by atoms with Crippen LogP contribution in [0.15, 0.2) is 36.9 Å². The lowest BCUT2D eigenvalue weighted by atomic mass is 9.97. The molecule has 1 aromatic rings. The Labute approximate surface area is 110 Å². The molecule has 1 saturated carbocycles. The van der Waals surface area contributed by atoms with Crippen LogP contribution in [0, 0.1) is 0 Å². The fourth-order valence-electron chi connectivity index (χ4n) is 3.46. The number of nitrogens with zero attached hydrogens (tertiary/aromatic N) is 1. The van der Waals surface area contributed by atoms with Gasteiger partial charge in [-0.15, -0.1) is 6.58 Å². The molecule has 1 heterocycles. The highest BCUT2D eigenvalue weighted by atomic mass is 15.2. The molecule has 0 saturated heterocycles. The SMILES string of the molecule is C=CCN1CC2(CCCC2)NCc2ccccc21. The van der Waals surface area contributed by atoms with Crippen LogP contribution in [0.5, 0.6) is 0 Å². The molecule has 1 aliphatic carbocycles. The lowest BCUT2D eigenvalue weighted by molar-refractivity contribution is 0.340. The van der Waals surface area contributed by atoms with Crippen molar-refractivity contribution in [1.29, 1.82) is 0 Å². The van der Waals surface area contributed by atoms with E-state index in [0.29, 0.717) is 5.54 Å². The molecule has 0 aromatic heterocycles. The van der Waals surface area contributed by atoms with Gasteiger partial charge in [0.05, 0.1) is 0 Å². The Bertz CT molecular complexity index is 432. The number of benzene rings is 1.